The summed E-state index contributed by atoms with van der Waals surface area (Å²) in [5.41, 5.74) is 0.166. The first kappa shape index (κ1) is 18.2. The molecule has 2 saturated heterocycles. The average Bonchev–Trinajstić information content (AvgIpc) is 2.85. The van der Waals surface area contributed by atoms with Crippen LogP contribution in [0, 0.1) is 5.92 Å². The van der Waals surface area contributed by atoms with Gasteiger partial charge < -0.3 is 9.80 Å². The summed E-state index contributed by atoms with van der Waals surface area (Å²) >= 11 is 0. The predicted molar refractivity (Wildman–Crippen MR) is 99.1 cm³/mol. The second kappa shape index (κ2) is 7.32. The zero-order chi connectivity index (χ0) is 18.7. The first-order chi connectivity index (χ1) is 12.4. The summed E-state index contributed by atoms with van der Waals surface area (Å²) in [6.07, 6.45) is 4.31. The molecular formula is C20H25N3O3. The van der Waals surface area contributed by atoms with E-state index >= 15 is 0 Å². The Morgan fingerprint density at radius 1 is 1.19 bits per heavy atom. The first-order valence-electron chi connectivity index (χ1n) is 9.07. The largest absolute Gasteiger partial charge is 0.339 e. The van der Waals surface area contributed by atoms with E-state index in [4.69, 9.17) is 0 Å². The van der Waals surface area contributed by atoms with Crippen molar-refractivity contribution in [2.45, 2.75) is 32.2 Å². The molecule has 0 saturated carbocycles. The molecule has 0 aliphatic carbocycles. The van der Waals surface area contributed by atoms with E-state index in [1.807, 2.05) is 44.2 Å². The minimum Gasteiger partial charge on any atom is -0.339 e. The van der Waals surface area contributed by atoms with Crippen LogP contribution in [-0.4, -0.2) is 52.8 Å². The van der Waals surface area contributed by atoms with Gasteiger partial charge in [0.05, 0.1) is 0 Å². The lowest BCUT2D eigenvalue weighted by Crippen LogP contribution is -2.57. The molecule has 2 fully saturated rings. The number of hydrogen-bond donors (Lipinski definition) is 1. The van der Waals surface area contributed by atoms with Crippen molar-refractivity contribution in [3.05, 3.63) is 42.0 Å². The van der Waals surface area contributed by atoms with E-state index in [1.165, 1.54) is 0 Å². The van der Waals surface area contributed by atoms with Gasteiger partial charge in [-0.15, -0.1) is 0 Å². The van der Waals surface area contributed by atoms with Crippen LogP contribution in [0.25, 0.3) is 6.08 Å². The van der Waals surface area contributed by atoms with E-state index < -0.39 is 5.54 Å². The van der Waals surface area contributed by atoms with Crippen LogP contribution in [0.1, 0.15) is 32.3 Å². The highest BCUT2D eigenvalue weighted by molar-refractivity contribution is 6.07. The fourth-order valence-electron chi connectivity index (χ4n) is 3.65. The van der Waals surface area contributed by atoms with Crippen LogP contribution in [0.2, 0.25) is 0 Å². The Labute approximate surface area is 153 Å². The van der Waals surface area contributed by atoms with Crippen LogP contribution >= 0.6 is 0 Å². The Morgan fingerprint density at radius 3 is 2.46 bits per heavy atom. The van der Waals surface area contributed by atoms with Crippen LogP contribution in [-0.2, 0) is 9.59 Å². The monoisotopic (exact) mass is 355 g/mol. The molecule has 26 heavy (non-hydrogen) atoms. The number of benzene rings is 1. The molecule has 2 aliphatic rings. The number of nitrogens with one attached hydrogen (secondary N) is 1. The number of piperidine rings is 1. The summed E-state index contributed by atoms with van der Waals surface area (Å²) in [6.45, 7) is 5.52. The van der Waals surface area contributed by atoms with Gasteiger partial charge in [-0.25, -0.2) is 4.79 Å². The van der Waals surface area contributed by atoms with Crippen molar-refractivity contribution in [1.29, 1.82) is 0 Å². The van der Waals surface area contributed by atoms with Gasteiger partial charge in [0, 0.05) is 25.7 Å². The number of imide groups is 1. The highest BCUT2D eigenvalue weighted by Gasteiger charge is 2.54. The number of nitrogens with zero attached hydrogens (tertiary/aromatic N) is 2. The zero-order valence-electron chi connectivity index (χ0n) is 15.3. The quantitative estimate of drug-likeness (QED) is 0.665. The highest BCUT2D eigenvalue weighted by Crippen LogP contribution is 2.34. The van der Waals surface area contributed by atoms with Crippen molar-refractivity contribution in [1.82, 2.24) is 15.1 Å². The fourth-order valence-corrected chi connectivity index (χ4v) is 3.65. The number of carbonyl (C=O) groups is 3. The third kappa shape index (κ3) is 3.49. The van der Waals surface area contributed by atoms with Crippen molar-refractivity contribution < 1.29 is 14.4 Å². The molecule has 1 N–H and O–H groups in total. The van der Waals surface area contributed by atoms with Gasteiger partial charge in [0.15, 0.2) is 0 Å². The van der Waals surface area contributed by atoms with Crippen LogP contribution in [0.4, 0.5) is 4.79 Å². The van der Waals surface area contributed by atoms with Gasteiger partial charge in [0.1, 0.15) is 5.54 Å². The second-order valence-corrected chi connectivity index (χ2v) is 7.36. The summed E-state index contributed by atoms with van der Waals surface area (Å²) in [7, 11) is 0. The lowest BCUT2D eigenvalue weighted by atomic mass is 9.85. The van der Waals surface area contributed by atoms with E-state index in [2.05, 4.69) is 5.32 Å². The Bertz CT molecular complexity index is 719. The van der Waals surface area contributed by atoms with Crippen LogP contribution in [0.15, 0.2) is 36.4 Å². The van der Waals surface area contributed by atoms with Gasteiger partial charge in [-0.1, -0.05) is 44.2 Å². The van der Waals surface area contributed by atoms with Crippen LogP contribution in [0.5, 0.6) is 0 Å². The molecule has 138 valence electrons. The molecule has 1 spiro atoms. The highest BCUT2D eigenvalue weighted by atomic mass is 16.2. The zero-order valence-corrected chi connectivity index (χ0v) is 15.3. The van der Waals surface area contributed by atoms with Gasteiger partial charge in [-0.2, -0.15) is 0 Å². The number of hydrogen-bond acceptors (Lipinski definition) is 3. The Balaban J connectivity index is 1.66. The van der Waals surface area contributed by atoms with E-state index in [-0.39, 0.29) is 23.8 Å². The van der Waals surface area contributed by atoms with Gasteiger partial charge in [-0.05, 0) is 30.4 Å². The van der Waals surface area contributed by atoms with Crippen molar-refractivity contribution in [2.75, 3.05) is 19.6 Å². The number of carbonyl (C=O) groups excluding carboxylic acids is 3. The second-order valence-electron chi connectivity index (χ2n) is 7.36. The molecule has 0 atom stereocenters. The minimum atomic E-state index is -0.804. The van der Waals surface area contributed by atoms with E-state index in [0.717, 1.165) is 5.56 Å². The summed E-state index contributed by atoms with van der Waals surface area (Å²) in [4.78, 5) is 40.5. The Hall–Kier alpha value is -2.63. The maximum atomic E-state index is 12.4. The van der Waals surface area contributed by atoms with E-state index in [0.29, 0.717) is 32.5 Å². The number of likely N-dealkylation sites (tertiary alicyclic amines) is 1. The molecule has 0 aromatic heterocycles. The smallest absolute Gasteiger partial charge is 0.325 e. The number of rotatable bonds is 4. The molecule has 6 nitrogen and oxygen atoms in total. The van der Waals surface area contributed by atoms with Crippen molar-refractivity contribution in [3.8, 4) is 0 Å². The van der Waals surface area contributed by atoms with Crippen LogP contribution in [0.3, 0.4) is 0 Å². The van der Waals surface area contributed by atoms with Crippen molar-refractivity contribution >= 4 is 23.9 Å². The molecule has 0 unspecified atom stereocenters. The maximum absolute atomic E-state index is 12.4. The molecule has 0 bridgehead atoms. The SMILES string of the molecule is CC(C)CN1C(=O)NC(=O)C12CCN(C(=O)C=Cc1ccccc1)CC2. The fraction of sp³-hybridized carbons (Fsp3) is 0.450. The van der Waals surface area contributed by atoms with Crippen LogP contribution < -0.4 is 5.32 Å². The molecule has 1 aromatic carbocycles. The minimum absolute atomic E-state index is 0.0659. The van der Waals surface area contributed by atoms with E-state index in [1.54, 1.807) is 22.0 Å². The van der Waals surface area contributed by atoms with Gasteiger partial charge in [-0.3, -0.25) is 14.9 Å². The molecule has 0 radical (unpaired) electrons. The molecule has 3 rings (SSSR count). The standard InChI is InChI=1S/C20H25N3O3/c1-15(2)14-23-19(26)21-18(25)20(23)10-12-22(13-11-20)17(24)9-8-16-6-4-3-5-7-16/h3-9,15H,10-14H2,1-2H3,(H,21,25,26). The molecule has 1 aromatic rings. The van der Waals surface area contributed by atoms with Gasteiger partial charge in [0.25, 0.3) is 5.91 Å². The van der Waals surface area contributed by atoms with E-state index in [9.17, 15) is 14.4 Å². The Morgan fingerprint density at radius 2 is 1.85 bits per heavy atom. The topological polar surface area (TPSA) is 69.7 Å². The average molecular weight is 355 g/mol. The summed E-state index contributed by atoms with van der Waals surface area (Å²) in [6, 6.07) is 9.34. The molecule has 6 heteroatoms. The molecule has 2 aliphatic heterocycles. The predicted octanol–water partition coefficient (Wildman–Crippen LogP) is 2.27. The molecular weight excluding hydrogens is 330 g/mol. The van der Waals surface area contributed by atoms with Gasteiger partial charge >= 0.3 is 6.03 Å². The number of amides is 4. The van der Waals surface area contributed by atoms with Crippen molar-refractivity contribution in [3.63, 3.8) is 0 Å². The maximum Gasteiger partial charge on any atom is 0.325 e. The molecule has 4 amide bonds. The molecule has 2 heterocycles. The summed E-state index contributed by atoms with van der Waals surface area (Å²) in [5, 5.41) is 2.45. The summed E-state index contributed by atoms with van der Waals surface area (Å²) < 4.78 is 0. The first-order valence-corrected chi connectivity index (χ1v) is 9.07. The Kier molecular flexibility index (Phi) is 5.11. The lowest BCUT2D eigenvalue weighted by Gasteiger charge is -2.42. The summed E-state index contributed by atoms with van der Waals surface area (Å²) in [5.74, 6) is -0.0177. The third-order valence-corrected chi connectivity index (χ3v) is 5.07. The third-order valence-electron chi connectivity index (χ3n) is 5.07. The normalized spacial score (nSPS) is 19.7. The number of urea groups is 1. The lowest BCUT2D eigenvalue weighted by molar-refractivity contribution is -0.135. The van der Waals surface area contributed by atoms with Gasteiger partial charge in [0.2, 0.25) is 5.91 Å². The van der Waals surface area contributed by atoms with Crippen molar-refractivity contribution in [2.24, 2.45) is 5.92 Å².